The highest BCUT2D eigenvalue weighted by Gasteiger charge is 2.13. The predicted octanol–water partition coefficient (Wildman–Crippen LogP) is 2.40. The first-order valence-electron chi connectivity index (χ1n) is 6.50. The molecule has 2 rings (SSSR count). The molecule has 0 bridgehead atoms. The number of hydrazine groups is 1. The molecule has 0 atom stereocenters. The van der Waals surface area contributed by atoms with Crippen LogP contribution in [0.4, 0.5) is 0 Å². The number of carbonyl (C=O) groups is 2. The van der Waals surface area contributed by atoms with Crippen molar-refractivity contribution in [2.75, 3.05) is 0 Å². The molecule has 21 heavy (non-hydrogen) atoms. The van der Waals surface area contributed by atoms with E-state index in [1.807, 2.05) is 19.9 Å². The van der Waals surface area contributed by atoms with E-state index >= 15 is 0 Å². The first-order chi connectivity index (χ1) is 10.0. The van der Waals surface area contributed by atoms with Gasteiger partial charge in [0.25, 0.3) is 11.8 Å². The minimum Gasteiger partial charge on any atom is -0.508 e. The molecular weight excluding hydrogens is 288 g/mol. The van der Waals surface area contributed by atoms with Crippen LogP contribution in [0.1, 0.15) is 37.4 Å². The lowest BCUT2D eigenvalue weighted by Crippen LogP contribution is -2.41. The monoisotopic (exact) mass is 304 g/mol. The lowest BCUT2D eigenvalue weighted by atomic mass is 10.2. The van der Waals surface area contributed by atoms with Crippen LogP contribution >= 0.6 is 11.3 Å². The van der Waals surface area contributed by atoms with Crippen molar-refractivity contribution >= 4 is 23.2 Å². The second-order valence-corrected chi connectivity index (χ2v) is 5.66. The molecule has 1 aromatic heterocycles. The summed E-state index contributed by atoms with van der Waals surface area (Å²) in [5.74, 6) is -0.695. The van der Waals surface area contributed by atoms with E-state index in [0.29, 0.717) is 10.4 Å². The van der Waals surface area contributed by atoms with E-state index in [1.54, 1.807) is 0 Å². The number of hydrogen-bond donors (Lipinski definition) is 3. The number of rotatable bonds is 3. The van der Waals surface area contributed by atoms with Gasteiger partial charge in [-0.25, -0.2) is 0 Å². The second-order valence-electron chi connectivity index (χ2n) is 4.53. The molecule has 110 valence electrons. The summed E-state index contributed by atoms with van der Waals surface area (Å²) >= 11 is 1.42. The Balaban J connectivity index is 1.97. The third-order valence-electron chi connectivity index (χ3n) is 2.98. The van der Waals surface area contributed by atoms with Crippen LogP contribution in [0.3, 0.4) is 0 Å². The maximum atomic E-state index is 12.0. The van der Waals surface area contributed by atoms with Gasteiger partial charge in [-0.2, -0.15) is 0 Å². The molecule has 0 saturated heterocycles. The number of nitrogens with one attached hydrogen (secondary N) is 2. The van der Waals surface area contributed by atoms with Gasteiger partial charge in [0, 0.05) is 10.4 Å². The van der Waals surface area contributed by atoms with Crippen LogP contribution in [0.2, 0.25) is 0 Å². The summed E-state index contributed by atoms with van der Waals surface area (Å²) in [4.78, 5) is 25.5. The van der Waals surface area contributed by atoms with Gasteiger partial charge >= 0.3 is 0 Å². The number of thiophene rings is 1. The third kappa shape index (κ3) is 3.61. The zero-order valence-electron chi connectivity index (χ0n) is 11.8. The Hall–Kier alpha value is -2.34. The highest BCUT2D eigenvalue weighted by Crippen LogP contribution is 2.22. The molecular formula is C15H16N2O3S. The van der Waals surface area contributed by atoms with E-state index < -0.39 is 5.91 Å². The predicted molar refractivity (Wildman–Crippen MR) is 81.5 cm³/mol. The fourth-order valence-electron chi connectivity index (χ4n) is 1.84. The summed E-state index contributed by atoms with van der Waals surface area (Å²) in [5.41, 5.74) is 6.17. The average Bonchev–Trinajstić information content (AvgIpc) is 2.86. The summed E-state index contributed by atoms with van der Waals surface area (Å²) in [6.07, 6.45) is 0.879. The standard InChI is InChI=1S/C15H16N2O3S/c1-3-12-9(2)8-13(21-12)15(20)17-16-14(19)10-4-6-11(18)7-5-10/h4-8,18H,3H2,1-2H3,(H,16,19)(H,17,20). The first-order valence-corrected chi connectivity index (χ1v) is 7.32. The van der Waals surface area contributed by atoms with Crippen molar-refractivity contribution in [3.63, 3.8) is 0 Å². The Morgan fingerprint density at radius 1 is 1.14 bits per heavy atom. The molecule has 0 fully saturated rings. The van der Waals surface area contributed by atoms with Crippen molar-refractivity contribution in [1.82, 2.24) is 10.9 Å². The van der Waals surface area contributed by atoms with E-state index in [4.69, 9.17) is 5.11 Å². The number of carbonyl (C=O) groups excluding carboxylic acids is 2. The minimum absolute atomic E-state index is 0.0803. The molecule has 2 amide bonds. The number of benzene rings is 1. The smallest absolute Gasteiger partial charge is 0.279 e. The summed E-state index contributed by atoms with van der Waals surface area (Å²) < 4.78 is 0. The fourth-order valence-corrected chi connectivity index (χ4v) is 2.85. The number of phenolic OH excluding ortho intramolecular Hbond substituents is 1. The zero-order chi connectivity index (χ0) is 15.4. The number of amides is 2. The number of hydrogen-bond acceptors (Lipinski definition) is 4. The lowest BCUT2D eigenvalue weighted by Gasteiger charge is -2.06. The van der Waals surface area contributed by atoms with E-state index in [2.05, 4.69) is 10.9 Å². The minimum atomic E-state index is -0.438. The van der Waals surface area contributed by atoms with Crippen molar-refractivity contribution in [3.05, 3.63) is 51.2 Å². The van der Waals surface area contributed by atoms with E-state index in [0.717, 1.165) is 16.9 Å². The van der Waals surface area contributed by atoms with Crippen LogP contribution < -0.4 is 10.9 Å². The maximum Gasteiger partial charge on any atom is 0.279 e. The van der Waals surface area contributed by atoms with Crippen LogP contribution in [0.25, 0.3) is 0 Å². The van der Waals surface area contributed by atoms with Gasteiger partial charge in [-0.05, 0) is 49.2 Å². The highest BCUT2D eigenvalue weighted by molar-refractivity contribution is 7.14. The molecule has 0 aliphatic rings. The largest absolute Gasteiger partial charge is 0.508 e. The van der Waals surface area contributed by atoms with Crippen molar-refractivity contribution in [3.8, 4) is 5.75 Å². The van der Waals surface area contributed by atoms with Gasteiger partial charge in [0.1, 0.15) is 5.75 Å². The molecule has 5 nitrogen and oxygen atoms in total. The third-order valence-corrected chi connectivity index (χ3v) is 4.36. The summed E-state index contributed by atoms with van der Waals surface area (Å²) in [6.45, 7) is 3.99. The van der Waals surface area contributed by atoms with Gasteiger partial charge in [-0.1, -0.05) is 6.92 Å². The summed E-state index contributed by atoms with van der Waals surface area (Å²) in [5, 5.41) is 9.16. The molecule has 0 spiro atoms. The van der Waals surface area contributed by atoms with E-state index in [9.17, 15) is 9.59 Å². The fraction of sp³-hybridized carbons (Fsp3) is 0.200. The SMILES string of the molecule is CCc1sc(C(=O)NNC(=O)c2ccc(O)cc2)cc1C. The molecule has 0 radical (unpaired) electrons. The second kappa shape index (κ2) is 6.41. The Morgan fingerprint density at radius 3 is 2.33 bits per heavy atom. The summed E-state index contributed by atoms with van der Waals surface area (Å²) in [6, 6.07) is 7.58. The first kappa shape index (κ1) is 15.1. The average molecular weight is 304 g/mol. The molecule has 0 saturated carbocycles. The van der Waals surface area contributed by atoms with Crippen LogP contribution in [0.5, 0.6) is 5.75 Å². The Kier molecular flexibility index (Phi) is 4.59. The lowest BCUT2D eigenvalue weighted by molar-refractivity contribution is 0.0849. The zero-order valence-corrected chi connectivity index (χ0v) is 12.6. The van der Waals surface area contributed by atoms with Crippen molar-refractivity contribution in [2.24, 2.45) is 0 Å². The van der Waals surface area contributed by atoms with Crippen molar-refractivity contribution in [1.29, 1.82) is 0 Å². The van der Waals surface area contributed by atoms with Gasteiger partial charge in [0.05, 0.1) is 4.88 Å². The number of aryl methyl sites for hydroxylation is 2. The van der Waals surface area contributed by atoms with Crippen molar-refractivity contribution in [2.45, 2.75) is 20.3 Å². The van der Waals surface area contributed by atoms with Crippen LogP contribution in [0.15, 0.2) is 30.3 Å². The topological polar surface area (TPSA) is 78.4 Å². The van der Waals surface area contributed by atoms with Gasteiger partial charge < -0.3 is 5.11 Å². The van der Waals surface area contributed by atoms with Gasteiger partial charge in [-0.3, -0.25) is 20.4 Å². The van der Waals surface area contributed by atoms with Crippen LogP contribution in [-0.4, -0.2) is 16.9 Å². The Labute approximate surface area is 126 Å². The van der Waals surface area contributed by atoms with Crippen LogP contribution in [0, 0.1) is 6.92 Å². The van der Waals surface area contributed by atoms with E-state index in [-0.39, 0.29) is 11.7 Å². The molecule has 2 aromatic rings. The molecule has 6 heteroatoms. The molecule has 0 aliphatic carbocycles. The summed E-state index contributed by atoms with van der Waals surface area (Å²) in [7, 11) is 0. The quantitative estimate of drug-likeness (QED) is 0.762. The Bertz CT molecular complexity index is 662. The molecule has 1 heterocycles. The van der Waals surface area contributed by atoms with Crippen LogP contribution in [-0.2, 0) is 6.42 Å². The highest BCUT2D eigenvalue weighted by atomic mass is 32.1. The molecule has 0 aliphatic heterocycles. The molecule has 3 N–H and O–H groups in total. The van der Waals surface area contributed by atoms with Gasteiger partial charge in [0.15, 0.2) is 0 Å². The Morgan fingerprint density at radius 2 is 1.76 bits per heavy atom. The molecule has 0 unspecified atom stereocenters. The number of aromatic hydroxyl groups is 1. The number of phenols is 1. The van der Waals surface area contributed by atoms with E-state index in [1.165, 1.54) is 35.6 Å². The van der Waals surface area contributed by atoms with Gasteiger partial charge in [-0.15, -0.1) is 11.3 Å². The molecule has 1 aromatic carbocycles. The normalized spacial score (nSPS) is 10.2. The maximum absolute atomic E-state index is 12.0. The van der Waals surface area contributed by atoms with Crippen molar-refractivity contribution < 1.29 is 14.7 Å². The van der Waals surface area contributed by atoms with Gasteiger partial charge in [0.2, 0.25) is 0 Å².